The molecule has 2 aliphatic carbocycles. The topological polar surface area (TPSA) is 75.6 Å². The van der Waals surface area contributed by atoms with Crippen molar-refractivity contribution in [3.8, 4) is 0 Å². The summed E-state index contributed by atoms with van der Waals surface area (Å²) in [5.41, 5.74) is -0.621. The predicted octanol–water partition coefficient (Wildman–Crippen LogP) is 3.43. The van der Waals surface area contributed by atoms with Crippen molar-refractivity contribution in [2.75, 3.05) is 0 Å². The van der Waals surface area contributed by atoms with E-state index in [0.717, 1.165) is 31.6 Å². The van der Waals surface area contributed by atoms with Crippen molar-refractivity contribution < 1.29 is 19.4 Å². The molecule has 2 aliphatic rings. The molecule has 5 atom stereocenters. The van der Waals surface area contributed by atoms with Crippen molar-refractivity contribution in [1.29, 1.82) is 0 Å². The van der Waals surface area contributed by atoms with Crippen molar-refractivity contribution in [3.05, 3.63) is 0 Å². The van der Waals surface area contributed by atoms with Crippen LogP contribution in [0.5, 0.6) is 0 Å². The highest BCUT2D eigenvalue weighted by Crippen LogP contribution is 2.46. The van der Waals surface area contributed by atoms with E-state index in [1.165, 1.54) is 6.42 Å². The summed E-state index contributed by atoms with van der Waals surface area (Å²) in [6, 6.07) is -0.842. The Balaban J connectivity index is 2.04. The van der Waals surface area contributed by atoms with E-state index in [2.05, 4.69) is 12.2 Å². The third kappa shape index (κ3) is 4.37. The first-order valence-electron chi connectivity index (χ1n) is 8.38. The van der Waals surface area contributed by atoms with Gasteiger partial charge >= 0.3 is 12.1 Å². The Morgan fingerprint density at radius 2 is 1.86 bits per heavy atom. The average Bonchev–Trinajstić information content (AvgIpc) is 2.34. The molecule has 0 heterocycles. The van der Waals surface area contributed by atoms with Crippen LogP contribution in [0.2, 0.25) is 0 Å². The molecule has 2 N–H and O–H groups in total. The highest BCUT2D eigenvalue weighted by Gasteiger charge is 2.42. The van der Waals surface area contributed by atoms with Crippen LogP contribution in [0.15, 0.2) is 0 Å². The highest BCUT2D eigenvalue weighted by atomic mass is 16.6. The van der Waals surface area contributed by atoms with Crippen LogP contribution in [0.4, 0.5) is 4.79 Å². The first-order chi connectivity index (χ1) is 10.2. The third-order valence-electron chi connectivity index (χ3n) is 4.96. The van der Waals surface area contributed by atoms with Crippen molar-refractivity contribution in [2.45, 2.75) is 71.4 Å². The van der Waals surface area contributed by atoms with E-state index in [9.17, 15) is 14.7 Å². The molecule has 0 aromatic heterocycles. The molecule has 1 amide bonds. The SMILES string of the molecule is CC1CC2CCC([C@H](NC(=O)OC(C)(C)C)C(=O)O)C(C1)C2. The minimum absolute atomic E-state index is 0.0176. The van der Waals surface area contributed by atoms with Crippen LogP contribution in [-0.2, 0) is 9.53 Å². The number of carboxylic acids is 1. The summed E-state index contributed by atoms with van der Waals surface area (Å²) in [5, 5.41) is 12.2. The lowest BCUT2D eigenvalue weighted by atomic mass is 9.62. The lowest BCUT2D eigenvalue weighted by Gasteiger charge is -2.44. The fourth-order valence-corrected chi connectivity index (χ4v) is 4.28. The molecular formula is C17H29NO4. The van der Waals surface area contributed by atoms with Gasteiger partial charge in [0.25, 0.3) is 0 Å². The molecule has 0 aromatic carbocycles. The van der Waals surface area contributed by atoms with Gasteiger partial charge in [-0.05, 0) is 70.1 Å². The number of aliphatic carboxylic acids is 1. The lowest BCUT2D eigenvalue weighted by molar-refractivity contribution is -0.142. The van der Waals surface area contributed by atoms with Gasteiger partial charge in [-0.3, -0.25) is 0 Å². The molecule has 22 heavy (non-hydrogen) atoms. The molecule has 2 bridgehead atoms. The van der Waals surface area contributed by atoms with Gasteiger partial charge < -0.3 is 15.2 Å². The fourth-order valence-electron chi connectivity index (χ4n) is 4.28. The second kappa shape index (κ2) is 6.47. The summed E-state index contributed by atoms with van der Waals surface area (Å²) in [7, 11) is 0. The third-order valence-corrected chi connectivity index (χ3v) is 4.96. The average molecular weight is 311 g/mol. The van der Waals surface area contributed by atoms with E-state index < -0.39 is 23.7 Å². The summed E-state index contributed by atoms with van der Waals surface area (Å²) in [4.78, 5) is 23.6. The van der Waals surface area contributed by atoms with Crippen LogP contribution in [0.1, 0.15) is 59.8 Å². The van der Waals surface area contributed by atoms with E-state index in [1.54, 1.807) is 20.8 Å². The van der Waals surface area contributed by atoms with Crippen molar-refractivity contribution in [3.63, 3.8) is 0 Å². The summed E-state index contributed by atoms with van der Waals surface area (Å²) >= 11 is 0. The van der Waals surface area contributed by atoms with E-state index in [1.807, 2.05) is 0 Å². The summed E-state index contributed by atoms with van der Waals surface area (Å²) in [5.74, 6) is 0.860. The van der Waals surface area contributed by atoms with E-state index in [-0.39, 0.29) is 5.92 Å². The molecule has 2 fully saturated rings. The largest absolute Gasteiger partial charge is 0.480 e. The monoisotopic (exact) mass is 311 g/mol. The minimum Gasteiger partial charge on any atom is -0.480 e. The van der Waals surface area contributed by atoms with Gasteiger partial charge in [0.2, 0.25) is 0 Å². The van der Waals surface area contributed by atoms with Gasteiger partial charge in [-0.25, -0.2) is 9.59 Å². The maximum absolute atomic E-state index is 12.0. The first-order valence-corrected chi connectivity index (χ1v) is 8.38. The minimum atomic E-state index is -0.951. The number of rotatable bonds is 3. The molecule has 5 heteroatoms. The number of nitrogens with one attached hydrogen (secondary N) is 1. The second-order valence-electron chi connectivity index (χ2n) is 8.14. The molecule has 5 nitrogen and oxygen atoms in total. The number of carboxylic acid groups (broad SMARTS) is 1. The van der Waals surface area contributed by atoms with Crippen LogP contribution < -0.4 is 5.32 Å². The Bertz CT molecular complexity index is 427. The molecule has 0 aromatic rings. The number of carbonyl (C=O) groups excluding carboxylic acids is 1. The van der Waals surface area contributed by atoms with Crippen LogP contribution in [0.25, 0.3) is 0 Å². The maximum Gasteiger partial charge on any atom is 0.408 e. The zero-order chi connectivity index (χ0) is 16.5. The fraction of sp³-hybridized carbons (Fsp3) is 0.882. The number of hydrogen-bond acceptors (Lipinski definition) is 3. The number of alkyl carbamates (subject to hydrolysis) is 1. The van der Waals surface area contributed by atoms with Gasteiger partial charge in [0.1, 0.15) is 11.6 Å². The Hall–Kier alpha value is -1.26. The molecule has 0 spiro atoms. The molecule has 2 rings (SSSR count). The molecule has 0 aliphatic heterocycles. The molecule has 126 valence electrons. The summed E-state index contributed by atoms with van der Waals surface area (Å²) < 4.78 is 5.22. The number of carbonyl (C=O) groups is 2. The van der Waals surface area contributed by atoms with Gasteiger partial charge in [0.05, 0.1) is 0 Å². The van der Waals surface area contributed by atoms with Crippen molar-refractivity contribution >= 4 is 12.1 Å². The van der Waals surface area contributed by atoms with Gasteiger partial charge in [-0.15, -0.1) is 0 Å². The normalized spacial score (nSPS) is 32.9. The van der Waals surface area contributed by atoms with Crippen LogP contribution >= 0.6 is 0 Å². The standard InChI is InChI=1S/C17H29NO4/c1-10-7-11-5-6-13(12(8-10)9-11)14(15(19)20)18-16(21)22-17(2,3)4/h10-14H,5-9H2,1-4H3,(H,18,21)(H,19,20)/t10?,11?,12?,13?,14-/m0/s1. The number of hydrogen-bond donors (Lipinski definition) is 2. The van der Waals surface area contributed by atoms with E-state index in [0.29, 0.717) is 11.8 Å². The van der Waals surface area contributed by atoms with E-state index >= 15 is 0 Å². The van der Waals surface area contributed by atoms with Gasteiger partial charge in [-0.2, -0.15) is 0 Å². The van der Waals surface area contributed by atoms with Crippen LogP contribution in [0.3, 0.4) is 0 Å². The summed E-state index contributed by atoms with van der Waals surface area (Å²) in [6.45, 7) is 7.57. The van der Waals surface area contributed by atoms with Gasteiger partial charge in [0, 0.05) is 0 Å². The predicted molar refractivity (Wildman–Crippen MR) is 83.5 cm³/mol. The number of fused-ring (bicyclic) bond motifs is 2. The summed E-state index contributed by atoms with van der Waals surface area (Å²) in [6.07, 6.45) is 4.77. The van der Waals surface area contributed by atoms with Crippen molar-refractivity contribution in [1.82, 2.24) is 5.32 Å². The molecule has 4 unspecified atom stereocenters. The first kappa shape index (κ1) is 17.1. The Labute approximate surface area is 132 Å². The molecule has 2 saturated carbocycles. The van der Waals surface area contributed by atoms with Crippen LogP contribution in [0, 0.1) is 23.7 Å². The lowest BCUT2D eigenvalue weighted by Crippen LogP contribution is -2.51. The van der Waals surface area contributed by atoms with Crippen LogP contribution in [-0.4, -0.2) is 28.8 Å². The maximum atomic E-state index is 12.0. The van der Waals surface area contributed by atoms with Gasteiger partial charge in [-0.1, -0.05) is 13.3 Å². The van der Waals surface area contributed by atoms with E-state index in [4.69, 9.17) is 4.74 Å². The highest BCUT2D eigenvalue weighted by molar-refractivity contribution is 5.80. The second-order valence-corrected chi connectivity index (χ2v) is 8.14. The Morgan fingerprint density at radius 3 is 2.45 bits per heavy atom. The Morgan fingerprint density at radius 1 is 1.18 bits per heavy atom. The smallest absolute Gasteiger partial charge is 0.408 e. The zero-order valence-electron chi connectivity index (χ0n) is 14.1. The molecule has 0 radical (unpaired) electrons. The van der Waals surface area contributed by atoms with Gasteiger partial charge in [0.15, 0.2) is 0 Å². The number of ether oxygens (including phenoxy) is 1. The zero-order valence-corrected chi connectivity index (χ0v) is 14.1. The Kier molecular flexibility index (Phi) is 5.03. The quantitative estimate of drug-likeness (QED) is 0.837. The molecular weight excluding hydrogens is 282 g/mol. The number of amides is 1. The molecule has 0 saturated heterocycles. The van der Waals surface area contributed by atoms with Crippen molar-refractivity contribution in [2.24, 2.45) is 23.7 Å².